The fourth-order valence-electron chi connectivity index (χ4n) is 2.44. The quantitative estimate of drug-likeness (QED) is 0.714. The van der Waals surface area contributed by atoms with Crippen LogP contribution < -0.4 is 5.32 Å². The lowest BCUT2D eigenvalue weighted by Crippen LogP contribution is -2.60. The van der Waals surface area contributed by atoms with Crippen molar-refractivity contribution in [3.8, 4) is 0 Å². The standard InChI is InChI=1S/C11H23NO/c1-6-11(7-2)12-9(3)8-10(4,5)13-11/h9,12H,6-8H2,1-5H3. The van der Waals surface area contributed by atoms with E-state index in [-0.39, 0.29) is 11.3 Å². The van der Waals surface area contributed by atoms with E-state index in [9.17, 15) is 0 Å². The first-order valence-corrected chi connectivity index (χ1v) is 5.41. The minimum atomic E-state index is -0.0822. The molecular weight excluding hydrogens is 162 g/mol. The van der Waals surface area contributed by atoms with E-state index in [1.807, 2.05) is 0 Å². The van der Waals surface area contributed by atoms with Gasteiger partial charge < -0.3 is 4.74 Å². The summed E-state index contributed by atoms with van der Waals surface area (Å²) in [5, 5.41) is 3.56. The summed E-state index contributed by atoms with van der Waals surface area (Å²) in [5.41, 5.74) is -0.0577. The van der Waals surface area contributed by atoms with Crippen molar-refractivity contribution in [1.82, 2.24) is 5.32 Å². The van der Waals surface area contributed by atoms with Crippen LogP contribution in [-0.2, 0) is 4.74 Å². The molecular formula is C11H23NO. The van der Waals surface area contributed by atoms with Gasteiger partial charge in [-0.2, -0.15) is 0 Å². The first kappa shape index (κ1) is 11.0. The lowest BCUT2D eigenvalue weighted by atomic mass is 9.92. The predicted octanol–water partition coefficient (Wildman–Crippen LogP) is 2.68. The molecule has 0 aliphatic carbocycles. The smallest absolute Gasteiger partial charge is 0.119 e. The fourth-order valence-corrected chi connectivity index (χ4v) is 2.44. The molecule has 1 fully saturated rings. The molecule has 1 atom stereocenters. The molecule has 0 aromatic rings. The number of hydrogen-bond acceptors (Lipinski definition) is 2. The van der Waals surface area contributed by atoms with Crippen molar-refractivity contribution < 1.29 is 4.74 Å². The molecule has 0 aromatic carbocycles. The van der Waals surface area contributed by atoms with Gasteiger partial charge in [-0.15, -0.1) is 0 Å². The van der Waals surface area contributed by atoms with Crippen molar-refractivity contribution in [2.24, 2.45) is 0 Å². The average Bonchev–Trinajstić information content (AvgIpc) is 2.00. The first-order chi connectivity index (χ1) is 5.93. The highest BCUT2D eigenvalue weighted by molar-refractivity contribution is 4.90. The van der Waals surface area contributed by atoms with E-state index in [1.165, 1.54) is 0 Å². The summed E-state index contributed by atoms with van der Waals surface area (Å²) in [6.07, 6.45) is 3.17. The second-order valence-electron chi connectivity index (χ2n) is 4.81. The second-order valence-corrected chi connectivity index (χ2v) is 4.81. The van der Waals surface area contributed by atoms with Crippen molar-refractivity contribution in [2.75, 3.05) is 0 Å². The van der Waals surface area contributed by atoms with E-state index in [0.29, 0.717) is 6.04 Å². The first-order valence-electron chi connectivity index (χ1n) is 5.41. The Morgan fingerprint density at radius 3 is 2.23 bits per heavy atom. The van der Waals surface area contributed by atoms with Crippen LogP contribution in [0, 0.1) is 0 Å². The van der Waals surface area contributed by atoms with E-state index in [0.717, 1.165) is 19.3 Å². The Morgan fingerprint density at radius 2 is 1.85 bits per heavy atom. The molecule has 1 saturated heterocycles. The van der Waals surface area contributed by atoms with Gasteiger partial charge in [0.05, 0.1) is 5.60 Å². The molecule has 0 spiro atoms. The molecule has 0 bridgehead atoms. The SMILES string of the molecule is CCC1(CC)NC(C)CC(C)(C)O1. The average molecular weight is 185 g/mol. The highest BCUT2D eigenvalue weighted by atomic mass is 16.5. The highest BCUT2D eigenvalue weighted by Gasteiger charge is 2.40. The van der Waals surface area contributed by atoms with Crippen molar-refractivity contribution in [3.63, 3.8) is 0 Å². The third-order valence-corrected chi connectivity index (χ3v) is 2.92. The topological polar surface area (TPSA) is 21.3 Å². The summed E-state index contributed by atoms with van der Waals surface area (Å²) in [7, 11) is 0. The van der Waals surface area contributed by atoms with Gasteiger partial charge in [0.25, 0.3) is 0 Å². The lowest BCUT2D eigenvalue weighted by Gasteiger charge is -2.48. The molecule has 1 heterocycles. The maximum Gasteiger partial charge on any atom is 0.119 e. The molecule has 2 nitrogen and oxygen atoms in total. The number of rotatable bonds is 2. The van der Waals surface area contributed by atoms with E-state index in [4.69, 9.17) is 4.74 Å². The van der Waals surface area contributed by atoms with E-state index in [2.05, 4.69) is 39.9 Å². The normalized spacial score (nSPS) is 31.6. The van der Waals surface area contributed by atoms with Gasteiger partial charge in [0.2, 0.25) is 0 Å². The fraction of sp³-hybridized carbons (Fsp3) is 1.00. The molecule has 2 heteroatoms. The molecule has 0 saturated carbocycles. The zero-order valence-electron chi connectivity index (χ0n) is 9.61. The maximum atomic E-state index is 6.12. The Bertz CT molecular complexity index is 173. The minimum Gasteiger partial charge on any atom is -0.355 e. The number of ether oxygens (including phenoxy) is 1. The van der Waals surface area contributed by atoms with Crippen LogP contribution in [-0.4, -0.2) is 17.4 Å². The Balaban J connectivity index is 2.76. The predicted molar refractivity (Wildman–Crippen MR) is 55.7 cm³/mol. The van der Waals surface area contributed by atoms with Crippen molar-refractivity contribution in [3.05, 3.63) is 0 Å². The molecule has 0 aromatic heterocycles. The third kappa shape index (κ3) is 2.44. The van der Waals surface area contributed by atoms with Gasteiger partial charge in [0, 0.05) is 6.04 Å². The Morgan fingerprint density at radius 1 is 1.31 bits per heavy atom. The van der Waals surface area contributed by atoms with Crippen LogP contribution in [0.3, 0.4) is 0 Å². The van der Waals surface area contributed by atoms with Crippen LogP contribution in [0.25, 0.3) is 0 Å². The summed E-state index contributed by atoms with van der Waals surface area (Å²) in [6, 6.07) is 0.559. The maximum absolute atomic E-state index is 6.12. The van der Waals surface area contributed by atoms with Gasteiger partial charge in [-0.05, 0) is 40.0 Å². The molecule has 1 unspecified atom stereocenters. The minimum absolute atomic E-state index is 0.0245. The summed E-state index contributed by atoms with van der Waals surface area (Å²) >= 11 is 0. The van der Waals surface area contributed by atoms with Gasteiger partial charge >= 0.3 is 0 Å². The lowest BCUT2D eigenvalue weighted by molar-refractivity contribution is -0.199. The molecule has 1 rings (SSSR count). The van der Waals surface area contributed by atoms with E-state index < -0.39 is 0 Å². The van der Waals surface area contributed by atoms with Crippen LogP contribution >= 0.6 is 0 Å². The van der Waals surface area contributed by atoms with Crippen LogP contribution in [0.2, 0.25) is 0 Å². The van der Waals surface area contributed by atoms with Crippen LogP contribution in [0.4, 0.5) is 0 Å². The van der Waals surface area contributed by atoms with Gasteiger partial charge in [-0.25, -0.2) is 0 Å². The van der Waals surface area contributed by atoms with E-state index >= 15 is 0 Å². The van der Waals surface area contributed by atoms with Crippen LogP contribution in [0.5, 0.6) is 0 Å². The highest BCUT2D eigenvalue weighted by Crippen LogP contribution is 2.33. The van der Waals surface area contributed by atoms with Gasteiger partial charge in [-0.3, -0.25) is 5.32 Å². The molecule has 0 radical (unpaired) electrons. The van der Waals surface area contributed by atoms with Gasteiger partial charge in [-0.1, -0.05) is 13.8 Å². The summed E-state index contributed by atoms with van der Waals surface area (Å²) in [6.45, 7) is 11.0. The molecule has 1 N–H and O–H groups in total. The van der Waals surface area contributed by atoms with Crippen LogP contribution in [0.15, 0.2) is 0 Å². The van der Waals surface area contributed by atoms with Gasteiger partial charge in [0.15, 0.2) is 0 Å². The monoisotopic (exact) mass is 185 g/mol. The summed E-state index contributed by atoms with van der Waals surface area (Å²) < 4.78 is 6.12. The zero-order chi connectivity index (χ0) is 10.1. The van der Waals surface area contributed by atoms with E-state index in [1.54, 1.807) is 0 Å². The Hall–Kier alpha value is -0.0800. The van der Waals surface area contributed by atoms with Crippen LogP contribution in [0.1, 0.15) is 53.9 Å². The molecule has 0 amide bonds. The van der Waals surface area contributed by atoms with Crippen molar-refractivity contribution in [2.45, 2.75) is 71.2 Å². The second kappa shape index (κ2) is 3.58. The summed E-state index contributed by atoms with van der Waals surface area (Å²) in [5.74, 6) is 0. The number of nitrogens with one attached hydrogen (secondary N) is 1. The van der Waals surface area contributed by atoms with Gasteiger partial charge in [0.1, 0.15) is 5.72 Å². The molecule has 13 heavy (non-hydrogen) atoms. The Kier molecular flexibility index (Phi) is 3.03. The Labute approximate surface area is 82.0 Å². The molecule has 1 aliphatic heterocycles. The molecule has 1 aliphatic rings. The van der Waals surface area contributed by atoms with Crippen molar-refractivity contribution in [1.29, 1.82) is 0 Å². The molecule has 78 valence electrons. The largest absolute Gasteiger partial charge is 0.355 e. The third-order valence-electron chi connectivity index (χ3n) is 2.92. The zero-order valence-corrected chi connectivity index (χ0v) is 9.61. The summed E-state index contributed by atoms with van der Waals surface area (Å²) in [4.78, 5) is 0. The number of hydrogen-bond donors (Lipinski definition) is 1. The van der Waals surface area contributed by atoms with Crippen molar-refractivity contribution >= 4 is 0 Å².